The minimum atomic E-state index is 0.147. The number of nitriles is 2. The summed E-state index contributed by atoms with van der Waals surface area (Å²) < 4.78 is 0. The van der Waals surface area contributed by atoms with E-state index >= 15 is 0 Å². The van der Waals surface area contributed by atoms with Gasteiger partial charge in [0.25, 0.3) is 0 Å². The molecule has 0 heterocycles. The predicted octanol–water partition coefficient (Wildman–Crippen LogP) is 0.705. The van der Waals surface area contributed by atoms with Gasteiger partial charge >= 0.3 is 0 Å². The molecule has 0 aliphatic rings. The van der Waals surface area contributed by atoms with Gasteiger partial charge in [0, 0.05) is 13.0 Å². The lowest BCUT2D eigenvalue weighted by Crippen LogP contribution is -2.25. The molecule has 0 fully saturated rings. The third-order valence-corrected chi connectivity index (χ3v) is 1.59. The highest BCUT2D eigenvalue weighted by Crippen LogP contribution is 1.95. The summed E-state index contributed by atoms with van der Waals surface area (Å²) >= 11 is 0. The number of carbonyl (C=O) groups excluding carboxylic acids is 1. The molecule has 0 aromatic rings. The average Bonchev–Trinajstić information content (AvgIpc) is 2.04. The van der Waals surface area contributed by atoms with E-state index in [0.717, 1.165) is 6.42 Å². The molecule has 0 unspecified atom stereocenters. The van der Waals surface area contributed by atoms with Gasteiger partial charge in [-0.25, -0.2) is 0 Å². The van der Waals surface area contributed by atoms with E-state index in [1.54, 1.807) is 11.8 Å². The molecular weight excluding hydrogens is 166 g/mol. The fourth-order valence-electron chi connectivity index (χ4n) is 0.966. The fraction of sp³-hybridized carbons (Fsp3) is 0.667. The molecule has 0 rings (SSSR count). The van der Waals surface area contributed by atoms with E-state index in [9.17, 15) is 4.79 Å². The molecule has 0 aromatic heterocycles. The van der Waals surface area contributed by atoms with Crippen molar-refractivity contribution < 1.29 is 4.79 Å². The van der Waals surface area contributed by atoms with Crippen LogP contribution in [0.15, 0.2) is 0 Å². The molecule has 0 aromatic carbocycles. The van der Waals surface area contributed by atoms with Gasteiger partial charge in [0.15, 0.2) is 0 Å². The standard InChI is InChI=1S/C9H13N3O/c1-9(13)3-2-6-12(7-4-10)8-5-11/h2-3,6-8H2,1H3. The van der Waals surface area contributed by atoms with Gasteiger partial charge < -0.3 is 4.79 Å². The lowest BCUT2D eigenvalue weighted by atomic mass is 10.2. The second-order valence-electron chi connectivity index (χ2n) is 2.83. The zero-order valence-electron chi connectivity index (χ0n) is 7.79. The zero-order valence-corrected chi connectivity index (χ0v) is 7.79. The molecule has 0 atom stereocenters. The summed E-state index contributed by atoms with van der Waals surface area (Å²) in [6, 6.07) is 3.96. The van der Waals surface area contributed by atoms with Crippen molar-refractivity contribution in [2.75, 3.05) is 19.6 Å². The smallest absolute Gasteiger partial charge is 0.129 e. The molecule has 13 heavy (non-hydrogen) atoms. The van der Waals surface area contributed by atoms with Crippen molar-refractivity contribution in [3.63, 3.8) is 0 Å². The van der Waals surface area contributed by atoms with Crippen LogP contribution in [0.4, 0.5) is 0 Å². The lowest BCUT2D eigenvalue weighted by Gasteiger charge is -2.13. The first-order valence-corrected chi connectivity index (χ1v) is 4.16. The molecule has 0 aliphatic carbocycles. The lowest BCUT2D eigenvalue weighted by molar-refractivity contribution is -0.117. The van der Waals surface area contributed by atoms with Crippen LogP contribution in [0.3, 0.4) is 0 Å². The first kappa shape index (κ1) is 11.6. The second-order valence-corrected chi connectivity index (χ2v) is 2.83. The summed E-state index contributed by atoms with van der Waals surface area (Å²) in [5.41, 5.74) is 0. The van der Waals surface area contributed by atoms with E-state index in [1.165, 1.54) is 0 Å². The van der Waals surface area contributed by atoms with Crippen molar-refractivity contribution in [2.24, 2.45) is 0 Å². The van der Waals surface area contributed by atoms with Crippen LogP contribution in [-0.2, 0) is 4.79 Å². The van der Waals surface area contributed by atoms with E-state index in [1.807, 2.05) is 12.1 Å². The normalized spacial score (nSPS) is 9.23. The molecule has 0 N–H and O–H groups in total. The van der Waals surface area contributed by atoms with Crippen LogP contribution in [0, 0.1) is 22.7 Å². The Morgan fingerprint density at radius 2 is 1.85 bits per heavy atom. The van der Waals surface area contributed by atoms with Crippen LogP contribution in [0.2, 0.25) is 0 Å². The van der Waals surface area contributed by atoms with Gasteiger partial charge in [-0.3, -0.25) is 4.90 Å². The summed E-state index contributed by atoms with van der Waals surface area (Å²) in [7, 11) is 0. The third-order valence-electron chi connectivity index (χ3n) is 1.59. The van der Waals surface area contributed by atoms with Crippen molar-refractivity contribution in [1.29, 1.82) is 10.5 Å². The topological polar surface area (TPSA) is 67.9 Å². The van der Waals surface area contributed by atoms with Gasteiger partial charge in [-0.05, 0) is 13.3 Å². The first-order chi connectivity index (χ1) is 6.20. The summed E-state index contributed by atoms with van der Waals surface area (Å²) in [6.07, 6.45) is 1.24. The van der Waals surface area contributed by atoms with Gasteiger partial charge in [0.1, 0.15) is 5.78 Å². The maximum atomic E-state index is 10.6. The Labute approximate surface area is 78.4 Å². The van der Waals surface area contributed by atoms with Crippen molar-refractivity contribution in [3.8, 4) is 12.1 Å². The van der Waals surface area contributed by atoms with E-state index in [0.29, 0.717) is 13.0 Å². The van der Waals surface area contributed by atoms with Crippen LogP contribution < -0.4 is 0 Å². The van der Waals surface area contributed by atoms with E-state index in [4.69, 9.17) is 10.5 Å². The van der Waals surface area contributed by atoms with Gasteiger partial charge in [0.05, 0.1) is 25.2 Å². The summed E-state index contributed by atoms with van der Waals surface area (Å²) in [5, 5.41) is 16.8. The number of nitrogens with zero attached hydrogens (tertiary/aromatic N) is 3. The van der Waals surface area contributed by atoms with Crippen LogP contribution in [0.1, 0.15) is 19.8 Å². The number of ketones is 1. The Morgan fingerprint density at radius 3 is 2.23 bits per heavy atom. The molecular formula is C9H13N3O. The van der Waals surface area contributed by atoms with Gasteiger partial charge in [-0.1, -0.05) is 0 Å². The summed E-state index contributed by atoms with van der Waals surface area (Å²) in [6.45, 7) is 2.69. The Balaban J connectivity index is 3.65. The molecule has 0 bridgehead atoms. The van der Waals surface area contributed by atoms with Crippen molar-refractivity contribution in [2.45, 2.75) is 19.8 Å². The summed E-state index contributed by atoms with van der Waals surface area (Å²) in [4.78, 5) is 12.3. The fourth-order valence-corrected chi connectivity index (χ4v) is 0.966. The molecule has 0 radical (unpaired) electrons. The highest BCUT2D eigenvalue weighted by molar-refractivity contribution is 5.75. The number of rotatable bonds is 6. The summed E-state index contributed by atoms with van der Waals surface area (Å²) in [5.74, 6) is 0.147. The van der Waals surface area contributed by atoms with Crippen LogP contribution in [0.5, 0.6) is 0 Å². The van der Waals surface area contributed by atoms with Crippen LogP contribution in [-0.4, -0.2) is 30.3 Å². The maximum absolute atomic E-state index is 10.6. The van der Waals surface area contributed by atoms with Gasteiger partial charge in [-0.15, -0.1) is 0 Å². The van der Waals surface area contributed by atoms with E-state index in [2.05, 4.69) is 0 Å². The molecule has 0 saturated heterocycles. The number of carbonyl (C=O) groups is 1. The van der Waals surface area contributed by atoms with E-state index in [-0.39, 0.29) is 18.9 Å². The number of Topliss-reactive ketones (excluding diaryl/α,β-unsaturated/α-hetero) is 1. The molecule has 4 heteroatoms. The first-order valence-electron chi connectivity index (χ1n) is 4.16. The highest BCUT2D eigenvalue weighted by atomic mass is 16.1. The SMILES string of the molecule is CC(=O)CCCN(CC#N)CC#N. The molecule has 0 aliphatic heterocycles. The monoisotopic (exact) mass is 179 g/mol. The molecule has 70 valence electrons. The number of hydrogen-bond donors (Lipinski definition) is 0. The minimum absolute atomic E-state index is 0.147. The molecule has 0 spiro atoms. The number of hydrogen-bond acceptors (Lipinski definition) is 4. The van der Waals surface area contributed by atoms with E-state index < -0.39 is 0 Å². The van der Waals surface area contributed by atoms with Crippen LogP contribution >= 0.6 is 0 Å². The largest absolute Gasteiger partial charge is 0.300 e. The van der Waals surface area contributed by atoms with Gasteiger partial charge in [0.2, 0.25) is 0 Å². The molecule has 0 saturated carbocycles. The van der Waals surface area contributed by atoms with Gasteiger partial charge in [-0.2, -0.15) is 10.5 Å². The third kappa shape index (κ3) is 6.99. The predicted molar refractivity (Wildman–Crippen MR) is 47.6 cm³/mol. The Kier molecular flexibility index (Phi) is 6.49. The Hall–Kier alpha value is -1.39. The van der Waals surface area contributed by atoms with Crippen molar-refractivity contribution in [1.82, 2.24) is 4.90 Å². The maximum Gasteiger partial charge on any atom is 0.129 e. The Bertz CT molecular complexity index is 220. The molecule has 4 nitrogen and oxygen atoms in total. The van der Waals surface area contributed by atoms with Crippen molar-refractivity contribution in [3.05, 3.63) is 0 Å². The Morgan fingerprint density at radius 1 is 1.31 bits per heavy atom. The quantitative estimate of drug-likeness (QED) is 0.563. The minimum Gasteiger partial charge on any atom is -0.300 e. The highest BCUT2D eigenvalue weighted by Gasteiger charge is 2.03. The van der Waals surface area contributed by atoms with Crippen molar-refractivity contribution >= 4 is 5.78 Å². The zero-order chi connectivity index (χ0) is 10.1. The average molecular weight is 179 g/mol. The molecule has 0 amide bonds. The second kappa shape index (κ2) is 7.27. The van der Waals surface area contributed by atoms with Crippen LogP contribution in [0.25, 0.3) is 0 Å².